The second-order valence-electron chi connectivity index (χ2n) is 8.75. The Hall–Kier alpha value is -1.04. The lowest BCUT2D eigenvalue weighted by Gasteiger charge is -2.38. The van der Waals surface area contributed by atoms with Crippen molar-refractivity contribution in [3.8, 4) is 0 Å². The van der Waals surface area contributed by atoms with Crippen LogP contribution in [0.5, 0.6) is 0 Å². The molecule has 146 valence electrons. The monoisotopic (exact) mass is 383 g/mol. The van der Waals surface area contributed by atoms with E-state index >= 15 is 0 Å². The normalized spacial score (nSPS) is 37.5. The summed E-state index contributed by atoms with van der Waals surface area (Å²) in [5.41, 5.74) is 0.665. The van der Waals surface area contributed by atoms with E-state index in [4.69, 9.17) is 25.8 Å². The molecule has 3 aliphatic rings. The number of ether oxygens (including phenoxy) is 3. The third-order valence-electron chi connectivity index (χ3n) is 5.41. The van der Waals surface area contributed by atoms with Crippen LogP contribution in [-0.4, -0.2) is 35.7 Å². The fourth-order valence-electron chi connectivity index (χ4n) is 4.02. The van der Waals surface area contributed by atoms with Gasteiger partial charge in [0.1, 0.15) is 17.8 Å². The van der Waals surface area contributed by atoms with Crippen molar-refractivity contribution in [2.24, 2.45) is 5.92 Å². The van der Waals surface area contributed by atoms with E-state index in [1.807, 2.05) is 46.8 Å². The van der Waals surface area contributed by atoms with Crippen molar-refractivity contribution in [1.29, 1.82) is 0 Å². The maximum Gasteiger partial charge on any atom is 0.407 e. The van der Waals surface area contributed by atoms with E-state index in [0.717, 1.165) is 31.3 Å². The molecule has 1 amide bonds. The van der Waals surface area contributed by atoms with Crippen molar-refractivity contribution in [2.75, 3.05) is 0 Å². The van der Waals surface area contributed by atoms with E-state index in [9.17, 15) is 4.79 Å². The van der Waals surface area contributed by atoms with Crippen LogP contribution in [-0.2, 0) is 14.2 Å². The summed E-state index contributed by atoms with van der Waals surface area (Å²) in [5, 5.41) is 3.68. The van der Waals surface area contributed by atoms with E-state index < -0.39 is 11.4 Å². The first-order valence-corrected chi connectivity index (χ1v) is 9.84. The van der Waals surface area contributed by atoms with Crippen LogP contribution in [0.4, 0.5) is 4.79 Å². The minimum atomic E-state index is -0.639. The average Bonchev–Trinajstić information content (AvgIpc) is 2.90. The molecule has 0 bridgehead atoms. The zero-order valence-electron chi connectivity index (χ0n) is 16.3. The van der Waals surface area contributed by atoms with Crippen molar-refractivity contribution < 1.29 is 19.0 Å². The van der Waals surface area contributed by atoms with Gasteiger partial charge in [-0.05, 0) is 72.0 Å². The number of halogens is 1. The van der Waals surface area contributed by atoms with Gasteiger partial charge in [0.05, 0.1) is 5.03 Å². The smallest absolute Gasteiger partial charge is 0.407 e. The highest BCUT2D eigenvalue weighted by atomic mass is 35.5. The van der Waals surface area contributed by atoms with Crippen LogP contribution >= 0.6 is 11.6 Å². The number of hydrogen-bond acceptors (Lipinski definition) is 4. The molecule has 1 saturated heterocycles. The molecule has 5 nitrogen and oxygen atoms in total. The summed E-state index contributed by atoms with van der Waals surface area (Å²) in [5.74, 6) is -0.360. The number of amides is 1. The third-order valence-corrected chi connectivity index (χ3v) is 5.75. The molecule has 0 spiro atoms. The second kappa shape index (κ2) is 7.17. The van der Waals surface area contributed by atoms with E-state index in [0.29, 0.717) is 5.03 Å². The number of carbonyl (C=O) groups excluding carboxylic acids is 1. The molecule has 1 aliphatic heterocycles. The van der Waals surface area contributed by atoms with Crippen molar-refractivity contribution in [1.82, 2.24) is 5.32 Å². The Morgan fingerprint density at radius 3 is 2.38 bits per heavy atom. The van der Waals surface area contributed by atoms with Crippen molar-refractivity contribution in [3.63, 3.8) is 0 Å². The van der Waals surface area contributed by atoms with Gasteiger partial charge in [-0.2, -0.15) is 0 Å². The van der Waals surface area contributed by atoms with Crippen LogP contribution in [0.3, 0.4) is 0 Å². The summed E-state index contributed by atoms with van der Waals surface area (Å²) in [6, 6.07) is 0.137. The van der Waals surface area contributed by atoms with Crippen molar-refractivity contribution in [3.05, 3.63) is 22.8 Å². The number of fused-ring (bicyclic) bond motifs is 1. The maximum absolute atomic E-state index is 12.0. The van der Waals surface area contributed by atoms with Gasteiger partial charge in [0.15, 0.2) is 5.79 Å². The Morgan fingerprint density at radius 2 is 1.81 bits per heavy atom. The van der Waals surface area contributed by atoms with Crippen molar-refractivity contribution >= 4 is 17.7 Å². The number of nitrogens with one attached hydrogen (secondary N) is 1. The van der Waals surface area contributed by atoms with Crippen molar-refractivity contribution in [2.45, 2.75) is 89.9 Å². The Labute approximate surface area is 161 Å². The molecule has 2 fully saturated rings. The Bertz CT molecular complexity index is 588. The van der Waals surface area contributed by atoms with Crippen LogP contribution in [0.1, 0.15) is 60.3 Å². The molecule has 2 unspecified atom stereocenters. The third kappa shape index (κ3) is 4.26. The number of allylic oxidation sites excluding steroid dienone is 2. The van der Waals surface area contributed by atoms with Gasteiger partial charge >= 0.3 is 6.09 Å². The first-order chi connectivity index (χ1) is 12.1. The fourth-order valence-corrected chi connectivity index (χ4v) is 4.24. The summed E-state index contributed by atoms with van der Waals surface area (Å²) in [6.07, 6.45) is 6.89. The predicted molar refractivity (Wildman–Crippen MR) is 101 cm³/mol. The van der Waals surface area contributed by atoms with E-state index in [1.54, 1.807) is 0 Å². The lowest BCUT2D eigenvalue weighted by molar-refractivity contribution is -0.200. The zero-order valence-corrected chi connectivity index (χ0v) is 17.1. The molecule has 1 heterocycles. The highest BCUT2D eigenvalue weighted by Gasteiger charge is 2.51. The Morgan fingerprint density at radius 1 is 1.19 bits per heavy atom. The standard InChI is InChI=1S/C20H30ClNO4/c1-12-6-11-15(21)17-16(12)24-20(5,25-17)13-7-9-14(10-8-13)22-18(23)26-19(2,3)4/h6,11,13-14,16-17H,7-10H2,1-5H3,(H,22,23)/t13-,14-,16?,17?,20-/m1/s1. The molecule has 0 aromatic heterocycles. The average molecular weight is 384 g/mol. The molecule has 0 aromatic rings. The fraction of sp³-hybridized carbons (Fsp3) is 0.750. The van der Waals surface area contributed by atoms with Gasteiger partial charge in [-0.15, -0.1) is 0 Å². The Balaban J connectivity index is 1.55. The molecule has 1 N–H and O–H groups in total. The van der Waals surface area contributed by atoms with Gasteiger partial charge < -0.3 is 19.5 Å². The molecular weight excluding hydrogens is 354 g/mol. The molecule has 0 radical (unpaired) electrons. The Kier molecular flexibility index (Phi) is 5.44. The van der Waals surface area contributed by atoms with Crippen LogP contribution in [0.15, 0.2) is 22.8 Å². The van der Waals surface area contributed by atoms with Gasteiger partial charge in [-0.1, -0.05) is 17.7 Å². The molecule has 2 aliphatic carbocycles. The quantitative estimate of drug-likeness (QED) is 0.753. The summed E-state index contributed by atoms with van der Waals surface area (Å²) in [4.78, 5) is 12.0. The molecule has 3 atom stereocenters. The molecule has 1 saturated carbocycles. The van der Waals surface area contributed by atoms with Gasteiger partial charge in [0.2, 0.25) is 0 Å². The second-order valence-corrected chi connectivity index (χ2v) is 9.19. The number of carbonyl (C=O) groups is 1. The molecule has 0 aromatic carbocycles. The lowest BCUT2D eigenvalue weighted by atomic mass is 9.81. The predicted octanol–water partition coefficient (Wildman–Crippen LogP) is 4.65. The summed E-state index contributed by atoms with van der Waals surface area (Å²) >= 11 is 6.33. The van der Waals surface area contributed by atoms with Gasteiger partial charge in [0.25, 0.3) is 0 Å². The highest BCUT2D eigenvalue weighted by Crippen LogP contribution is 2.46. The number of alkyl carbamates (subject to hydrolysis) is 1. The molecule has 6 heteroatoms. The minimum Gasteiger partial charge on any atom is -0.444 e. The first-order valence-electron chi connectivity index (χ1n) is 9.46. The zero-order chi connectivity index (χ0) is 19.1. The lowest BCUT2D eigenvalue weighted by Crippen LogP contribution is -2.45. The molecule has 26 heavy (non-hydrogen) atoms. The van der Waals surface area contributed by atoms with Gasteiger partial charge in [-0.3, -0.25) is 0 Å². The van der Waals surface area contributed by atoms with Crippen LogP contribution in [0, 0.1) is 5.92 Å². The van der Waals surface area contributed by atoms with Crippen LogP contribution < -0.4 is 5.32 Å². The van der Waals surface area contributed by atoms with E-state index in [2.05, 4.69) is 5.32 Å². The molecular formula is C20H30ClNO4. The number of hydrogen-bond donors (Lipinski definition) is 1. The van der Waals surface area contributed by atoms with Gasteiger partial charge in [-0.25, -0.2) is 4.79 Å². The van der Waals surface area contributed by atoms with E-state index in [1.165, 1.54) is 0 Å². The topological polar surface area (TPSA) is 56.8 Å². The SMILES string of the molecule is CC1=CC=C(Cl)C2O[C@](C)([C@H]3CC[C@H](NC(=O)OC(C)(C)C)CC3)OC12. The van der Waals surface area contributed by atoms with Gasteiger partial charge in [0, 0.05) is 12.0 Å². The maximum atomic E-state index is 12.0. The first kappa shape index (κ1) is 19.7. The summed E-state index contributed by atoms with van der Waals surface area (Å²) in [6.45, 7) is 9.68. The number of rotatable bonds is 2. The largest absolute Gasteiger partial charge is 0.444 e. The van der Waals surface area contributed by atoms with E-state index in [-0.39, 0.29) is 30.3 Å². The highest BCUT2D eigenvalue weighted by molar-refractivity contribution is 6.30. The molecule has 3 rings (SSSR count). The van der Waals surface area contributed by atoms with Crippen LogP contribution in [0.25, 0.3) is 0 Å². The summed E-state index contributed by atoms with van der Waals surface area (Å²) in [7, 11) is 0. The van der Waals surface area contributed by atoms with Crippen LogP contribution in [0.2, 0.25) is 0 Å². The summed E-state index contributed by atoms with van der Waals surface area (Å²) < 4.78 is 18.0. The minimum absolute atomic E-state index is 0.102.